The number of nitrogens with zero attached hydrogens (tertiary/aromatic N) is 1. The fourth-order valence-corrected chi connectivity index (χ4v) is 0.943. The number of hydrogen-bond donors (Lipinski definition) is 2. The Morgan fingerprint density at radius 2 is 1.93 bits per heavy atom. The number of ketones is 1. The molecule has 0 aromatic heterocycles. The molecule has 78 valence electrons. The van der Waals surface area contributed by atoms with E-state index in [2.05, 4.69) is 0 Å². The molecule has 0 radical (unpaired) electrons. The molecule has 0 fully saturated rings. The minimum atomic E-state index is -1.69. The quantitative estimate of drug-likeness (QED) is 0.326. The summed E-state index contributed by atoms with van der Waals surface area (Å²) in [5, 5.41) is 27.7. The first-order valence-electron chi connectivity index (χ1n) is 3.68. The van der Waals surface area contributed by atoms with Gasteiger partial charge < -0.3 is 10.2 Å². The molecule has 0 spiro atoms. The smallest absolute Gasteiger partial charge is 0.377 e. The average molecular weight is 211 g/mol. The van der Waals surface area contributed by atoms with Crippen LogP contribution in [0.2, 0.25) is 0 Å². The molecule has 0 saturated carbocycles. The highest BCUT2D eigenvalue weighted by molar-refractivity contribution is 6.39. The van der Waals surface area contributed by atoms with Crippen molar-refractivity contribution in [2.45, 2.75) is 0 Å². The number of hydrogen-bond acceptors (Lipinski definition) is 5. The van der Waals surface area contributed by atoms with Gasteiger partial charge in [0.15, 0.2) is 5.75 Å². The number of nitro benzene ring substituents is 1. The summed E-state index contributed by atoms with van der Waals surface area (Å²) in [6.07, 6.45) is 0. The third kappa shape index (κ3) is 2.08. The van der Waals surface area contributed by atoms with Crippen molar-refractivity contribution in [3.05, 3.63) is 33.9 Å². The number of nitro groups is 1. The molecule has 1 aromatic carbocycles. The van der Waals surface area contributed by atoms with Gasteiger partial charge in [-0.3, -0.25) is 14.9 Å². The average Bonchev–Trinajstić information content (AvgIpc) is 2.15. The molecule has 7 nitrogen and oxygen atoms in total. The van der Waals surface area contributed by atoms with E-state index in [4.69, 9.17) is 10.2 Å². The Kier molecular flexibility index (Phi) is 2.65. The number of phenols is 1. The minimum Gasteiger partial charge on any atom is -0.502 e. The highest BCUT2D eigenvalue weighted by Crippen LogP contribution is 2.26. The molecule has 0 bridgehead atoms. The van der Waals surface area contributed by atoms with Gasteiger partial charge in [0.05, 0.1) is 4.92 Å². The summed E-state index contributed by atoms with van der Waals surface area (Å²) in [5.74, 6) is -3.67. The first-order chi connectivity index (χ1) is 6.93. The highest BCUT2D eigenvalue weighted by Gasteiger charge is 2.19. The molecule has 7 heteroatoms. The number of rotatable bonds is 3. The van der Waals surface area contributed by atoms with Crippen molar-refractivity contribution >= 4 is 17.4 Å². The van der Waals surface area contributed by atoms with Crippen molar-refractivity contribution in [1.29, 1.82) is 0 Å². The van der Waals surface area contributed by atoms with Crippen molar-refractivity contribution in [2.24, 2.45) is 0 Å². The van der Waals surface area contributed by atoms with E-state index in [0.29, 0.717) is 0 Å². The van der Waals surface area contributed by atoms with Crippen LogP contribution in [0.5, 0.6) is 5.75 Å². The predicted octanol–water partition coefficient (Wildman–Crippen LogP) is 0.568. The second-order valence-electron chi connectivity index (χ2n) is 2.59. The van der Waals surface area contributed by atoms with Gasteiger partial charge in [0.1, 0.15) is 0 Å². The van der Waals surface area contributed by atoms with E-state index in [-0.39, 0.29) is 5.56 Å². The van der Waals surface area contributed by atoms with Crippen molar-refractivity contribution in [3.63, 3.8) is 0 Å². The Hall–Kier alpha value is -2.44. The Labute approximate surface area is 82.7 Å². The van der Waals surface area contributed by atoms with E-state index >= 15 is 0 Å². The Bertz CT molecular complexity index is 452. The number of aliphatic carboxylic acids is 1. The van der Waals surface area contributed by atoms with Gasteiger partial charge in [-0.1, -0.05) is 0 Å². The lowest BCUT2D eigenvalue weighted by molar-refractivity contribution is -0.385. The molecule has 0 saturated heterocycles. The third-order valence-corrected chi connectivity index (χ3v) is 1.63. The molecule has 1 aromatic rings. The van der Waals surface area contributed by atoms with Crippen LogP contribution in [-0.2, 0) is 4.79 Å². The summed E-state index contributed by atoms with van der Waals surface area (Å²) in [6.45, 7) is 0. The van der Waals surface area contributed by atoms with Crippen LogP contribution >= 0.6 is 0 Å². The fourth-order valence-electron chi connectivity index (χ4n) is 0.943. The van der Waals surface area contributed by atoms with Gasteiger partial charge in [-0.15, -0.1) is 0 Å². The van der Waals surface area contributed by atoms with Crippen molar-refractivity contribution in [2.75, 3.05) is 0 Å². The first kappa shape index (κ1) is 10.6. The van der Waals surface area contributed by atoms with E-state index in [1.807, 2.05) is 0 Å². The van der Waals surface area contributed by atoms with Gasteiger partial charge in [0, 0.05) is 11.6 Å². The molecule has 1 rings (SSSR count). The molecule has 0 aliphatic carbocycles. The first-order valence-corrected chi connectivity index (χ1v) is 3.68. The molecule has 15 heavy (non-hydrogen) atoms. The number of carbonyl (C=O) groups is 2. The van der Waals surface area contributed by atoms with Crippen LogP contribution in [0.15, 0.2) is 18.2 Å². The monoisotopic (exact) mass is 211 g/mol. The Balaban J connectivity index is 3.18. The molecule has 0 amide bonds. The number of aromatic hydroxyl groups is 1. The summed E-state index contributed by atoms with van der Waals surface area (Å²) in [5.41, 5.74) is -0.900. The van der Waals surface area contributed by atoms with Crippen LogP contribution in [-0.4, -0.2) is 26.9 Å². The molecule has 0 unspecified atom stereocenters. The van der Waals surface area contributed by atoms with Crippen molar-refractivity contribution in [3.8, 4) is 5.75 Å². The van der Waals surface area contributed by atoms with Gasteiger partial charge in [0.25, 0.3) is 5.78 Å². The third-order valence-electron chi connectivity index (χ3n) is 1.63. The van der Waals surface area contributed by atoms with Crippen molar-refractivity contribution < 1.29 is 24.7 Å². The number of Topliss-reactive ketones (excluding diaryl/α,β-unsaturated/α-hetero) is 1. The normalized spacial score (nSPS) is 9.60. The number of phenolic OH excluding ortho intramolecular Hbond substituents is 1. The van der Waals surface area contributed by atoms with Crippen LogP contribution in [0.25, 0.3) is 0 Å². The zero-order valence-electron chi connectivity index (χ0n) is 7.21. The highest BCUT2D eigenvalue weighted by atomic mass is 16.6. The minimum absolute atomic E-state index is 0.314. The second kappa shape index (κ2) is 3.74. The van der Waals surface area contributed by atoms with E-state index in [1.165, 1.54) is 0 Å². The zero-order chi connectivity index (χ0) is 11.6. The van der Waals surface area contributed by atoms with Gasteiger partial charge in [0.2, 0.25) is 0 Å². The lowest BCUT2D eigenvalue weighted by Gasteiger charge is -1.98. The summed E-state index contributed by atoms with van der Waals surface area (Å²) in [6, 6.07) is 2.58. The zero-order valence-corrected chi connectivity index (χ0v) is 7.21. The number of benzene rings is 1. The molecular formula is C8H5NO6. The lowest BCUT2D eigenvalue weighted by atomic mass is 10.1. The van der Waals surface area contributed by atoms with Gasteiger partial charge >= 0.3 is 11.7 Å². The summed E-state index contributed by atoms with van der Waals surface area (Å²) < 4.78 is 0. The number of carbonyl (C=O) groups excluding carboxylic acids is 1. The van der Waals surface area contributed by atoms with Crippen molar-refractivity contribution in [1.82, 2.24) is 0 Å². The van der Waals surface area contributed by atoms with Gasteiger partial charge in [-0.05, 0) is 12.1 Å². The fraction of sp³-hybridized carbons (Fsp3) is 0. The molecule has 0 heterocycles. The van der Waals surface area contributed by atoms with Gasteiger partial charge in [-0.2, -0.15) is 0 Å². The maximum Gasteiger partial charge on any atom is 0.377 e. The molecule has 0 atom stereocenters. The Morgan fingerprint density at radius 1 is 1.33 bits per heavy atom. The van der Waals surface area contributed by atoms with Crippen LogP contribution < -0.4 is 0 Å². The second-order valence-corrected chi connectivity index (χ2v) is 2.59. The van der Waals surface area contributed by atoms with E-state index in [1.54, 1.807) is 0 Å². The van der Waals surface area contributed by atoms with Crippen LogP contribution in [0.4, 0.5) is 5.69 Å². The topological polar surface area (TPSA) is 118 Å². The van der Waals surface area contributed by atoms with Crippen LogP contribution in [0.1, 0.15) is 10.4 Å². The maximum atomic E-state index is 10.9. The molecule has 0 aliphatic rings. The standard InChI is InChI=1S/C8H5NO6/c10-6-3-4(7(11)8(12)13)1-2-5(6)9(14)15/h1-3,10H,(H,12,13). The number of carboxylic acids is 1. The molecular weight excluding hydrogens is 206 g/mol. The maximum absolute atomic E-state index is 10.9. The van der Waals surface area contributed by atoms with E-state index < -0.39 is 28.1 Å². The van der Waals surface area contributed by atoms with E-state index in [9.17, 15) is 19.7 Å². The lowest BCUT2D eigenvalue weighted by Crippen LogP contribution is -2.12. The SMILES string of the molecule is O=C(O)C(=O)c1ccc([N+](=O)[O-])c(O)c1. The summed E-state index contributed by atoms with van der Waals surface area (Å²) in [4.78, 5) is 30.6. The van der Waals surface area contributed by atoms with Crippen LogP contribution in [0.3, 0.4) is 0 Å². The van der Waals surface area contributed by atoms with Gasteiger partial charge in [-0.25, -0.2) is 4.79 Å². The summed E-state index contributed by atoms with van der Waals surface area (Å²) >= 11 is 0. The largest absolute Gasteiger partial charge is 0.502 e. The summed E-state index contributed by atoms with van der Waals surface area (Å²) in [7, 11) is 0. The number of carboxylic acid groups (broad SMARTS) is 1. The predicted molar refractivity (Wildman–Crippen MR) is 46.7 cm³/mol. The molecule has 2 N–H and O–H groups in total. The van der Waals surface area contributed by atoms with E-state index in [0.717, 1.165) is 18.2 Å². The van der Waals surface area contributed by atoms with Crippen LogP contribution in [0, 0.1) is 10.1 Å². The Morgan fingerprint density at radius 3 is 2.33 bits per heavy atom. The molecule has 0 aliphatic heterocycles.